The van der Waals surface area contributed by atoms with Crippen LogP contribution in [0, 0.1) is 5.82 Å². The number of benzene rings is 1. The van der Waals surface area contributed by atoms with Crippen molar-refractivity contribution in [2.24, 2.45) is 0 Å². The molecular formula is C17H19FN4O3. The Labute approximate surface area is 144 Å². The van der Waals surface area contributed by atoms with Crippen LogP contribution in [0.15, 0.2) is 36.5 Å². The van der Waals surface area contributed by atoms with E-state index in [2.05, 4.69) is 10.4 Å². The van der Waals surface area contributed by atoms with Crippen molar-refractivity contribution >= 4 is 17.6 Å². The highest BCUT2D eigenvalue weighted by Gasteiger charge is 2.41. The molecule has 1 fully saturated rings. The first-order chi connectivity index (χ1) is 12.0. The number of nitrogens with zero attached hydrogens (tertiary/aromatic N) is 3. The van der Waals surface area contributed by atoms with Crippen molar-refractivity contribution in [3.8, 4) is 0 Å². The average molecular weight is 346 g/mol. The molecule has 2 heterocycles. The van der Waals surface area contributed by atoms with E-state index < -0.39 is 23.9 Å². The van der Waals surface area contributed by atoms with E-state index in [9.17, 15) is 14.0 Å². The Bertz CT molecular complexity index is 792. The van der Waals surface area contributed by atoms with Crippen molar-refractivity contribution in [3.05, 3.63) is 47.9 Å². The molecule has 8 heteroatoms. The van der Waals surface area contributed by atoms with Crippen molar-refractivity contribution < 1.29 is 18.7 Å². The topological polar surface area (TPSA) is 76.5 Å². The molecule has 132 valence electrons. The number of nitrogens with one attached hydrogen (secondary N) is 1. The number of hydrogen-bond acceptors (Lipinski definition) is 4. The number of anilines is 1. The third kappa shape index (κ3) is 3.39. The van der Waals surface area contributed by atoms with Crippen molar-refractivity contribution in [1.29, 1.82) is 0 Å². The summed E-state index contributed by atoms with van der Waals surface area (Å²) in [5.74, 6) is -0.908. The highest BCUT2D eigenvalue weighted by atomic mass is 19.1. The number of aryl methyl sites for hydroxylation is 1. The summed E-state index contributed by atoms with van der Waals surface area (Å²) in [7, 11) is 1.54. The molecule has 1 N–H and O–H groups in total. The largest absolute Gasteiger partial charge is 0.356 e. The molecule has 2 amide bonds. The predicted molar refractivity (Wildman–Crippen MR) is 88.2 cm³/mol. The van der Waals surface area contributed by atoms with Crippen LogP contribution in [0.1, 0.15) is 18.5 Å². The molecule has 1 saturated heterocycles. The fourth-order valence-corrected chi connectivity index (χ4v) is 2.82. The van der Waals surface area contributed by atoms with Crippen LogP contribution in [0.3, 0.4) is 0 Å². The van der Waals surface area contributed by atoms with Gasteiger partial charge < -0.3 is 15.0 Å². The molecule has 7 nitrogen and oxygen atoms in total. The zero-order chi connectivity index (χ0) is 18.0. The second-order valence-electron chi connectivity index (χ2n) is 5.75. The van der Waals surface area contributed by atoms with Crippen molar-refractivity contribution in [3.63, 3.8) is 0 Å². The number of aromatic nitrogens is 2. The van der Waals surface area contributed by atoms with Gasteiger partial charge in [-0.1, -0.05) is 18.2 Å². The van der Waals surface area contributed by atoms with Gasteiger partial charge in [0.15, 0.2) is 11.9 Å². The maximum absolute atomic E-state index is 14.2. The molecule has 0 aliphatic carbocycles. The molecule has 25 heavy (non-hydrogen) atoms. The zero-order valence-corrected chi connectivity index (χ0v) is 14.0. The number of carbonyl (C=O) groups excluding carboxylic acids is 2. The summed E-state index contributed by atoms with van der Waals surface area (Å²) in [5, 5.41) is 6.85. The van der Waals surface area contributed by atoms with Crippen LogP contribution >= 0.6 is 0 Å². The number of morpholine rings is 1. The Morgan fingerprint density at radius 1 is 1.40 bits per heavy atom. The molecule has 0 bridgehead atoms. The normalized spacial score (nSPS) is 20.6. The molecule has 2 atom stereocenters. The van der Waals surface area contributed by atoms with Crippen LogP contribution in [0.25, 0.3) is 0 Å². The third-order valence-electron chi connectivity index (χ3n) is 4.18. The van der Waals surface area contributed by atoms with Crippen LogP contribution in [-0.4, -0.2) is 46.3 Å². The fourth-order valence-electron chi connectivity index (χ4n) is 2.82. The number of hydrogen-bond donors (Lipinski definition) is 1. The summed E-state index contributed by atoms with van der Waals surface area (Å²) >= 11 is 0. The van der Waals surface area contributed by atoms with E-state index in [0.717, 1.165) is 0 Å². The number of rotatable bonds is 4. The number of ether oxygens (including phenoxy) is 1. The van der Waals surface area contributed by atoms with E-state index >= 15 is 0 Å². The Morgan fingerprint density at radius 2 is 2.16 bits per heavy atom. The van der Waals surface area contributed by atoms with E-state index in [4.69, 9.17) is 4.74 Å². The van der Waals surface area contributed by atoms with Gasteiger partial charge in [0.25, 0.3) is 5.91 Å². The molecule has 0 saturated carbocycles. The summed E-state index contributed by atoms with van der Waals surface area (Å²) in [6.45, 7) is 2.37. The number of likely N-dealkylation sites (N-methyl/N-ethyl adjacent to an activating group) is 1. The molecular weight excluding hydrogens is 327 g/mol. The average Bonchev–Trinajstić information content (AvgIpc) is 3.05. The van der Waals surface area contributed by atoms with Gasteiger partial charge in [-0.25, -0.2) is 4.39 Å². The summed E-state index contributed by atoms with van der Waals surface area (Å²) in [4.78, 5) is 26.0. The van der Waals surface area contributed by atoms with Crippen LogP contribution in [-0.2, 0) is 20.9 Å². The first kappa shape index (κ1) is 17.1. The summed E-state index contributed by atoms with van der Waals surface area (Å²) in [6, 6.07) is 6.86. The highest BCUT2D eigenvalue weighted by molar-refractivity contribution is 5.95. The Kier molecular flexibility index (Phi) is 4.80. The minimum absolute atomic E-state index is 0.233. The van der Waals surface area contributed by atoms with Crippen molar-refractivity contribution in [1.82, 2.24) is 14.7 Å². The van der Waals surface area contributed by atoms with Crippen LogP contribution in [0.4, 0.5) is 10.2 Å². The SMILES string of the molecule is CCn1ccc(NC(=O)[C@H]2OCC(=O)N(C)[C@@H]2c2ccccc2F)n1. The molecule has 1 aliphatic rings. The van der Waals surface area contributed by atoms with Gasteiger partial charge in [0.2, 0.25) is 5.91 Å². The van der Waals surface area contributed by atoms with Gasteiger partial charge in [-0.05, 0) is 13.0 Å². The fraction of sp³-hybridized carbons (Fsp3) is 0.353. The lowest BCUT2D eigenvalue weighted by molar-refractivity contribution is -0.160. The number of amides is 2. The highest BCUT2D eigenvalue weighted by Crippen LogP contribution is 2.31. The van der Waals surface area contributed by atoms with Crippen molar-refractivity contribution in [2.75, 3.05) is 19.0 Å². The second-order valence-corrected chi connectivity index (χ2v) is 5.75. The first-order valence-electron chi connectivity index (χ1n) is 7.97. The van der Waals surface area contributed by atoms with Gasteiger partial charge >= 0.3 is 0 Å². The quantitative estimate of drug-likeness (QED) is 0.912. The smallest absolute Gasteiger partial charge is 0.257 e. The van der Waals surface area contributed by atoms with E-state index in [1.807, 2.05) is 6.92 Å². The number of carbonyl (C=O) groups is 2. The van der Waals surface area contributed by atoms with Crippen molar-refractivity contribution in [2.45, 2.75) is 25.6 Å². The molecule has 1 aromatic heterocycles. The van der Waals surface area contributed by atoms with Gasteiger partial charge in [-0.15, -0.1) is 0 Å². The van der Waals surface area contributed by atoms with Crippen LogP contribution in [0.5, 0.6) is 0 Å². The Balaban J connectivity index is 1.87. The molecule has 0 spiro atoms. The molecule has 2 aromatic rings. The minimum atomic E-state index is -1.04. The van der Waals surface area contributed by atoms with E-state index in [-0.39, 0.29) is 18.1 Å². The predicted octanol–water partition coefficient (Wildman–Crippen LogP) is 1.58. The van der Waals surface area contributed by atoms with E-state index in [0.29, 0.717) is 12.4 Å². The standard InChI is InChI=1S/C17H19FN4O3/c1-3-22-9-8-13(20-22)19-17(24)16-15(21(2)14(23)10-25-16)11-6-4-5-7-12(11)18/h4-9,15-16H,3,10H2,1-2H3,(H,19,20,24)/t15-,16+/m1/s1. The van der Waals surface area contributed by atoms with Crippen LogP contribution < -0.4 is 5.32 Å². The minimum Gasteiger partial charge on any atom is -0.356 e. The summed E-state index contributed by atoms with van der Waals surface area (Å²) in [6.07, 6.45) is 0.702. The molecule has 0 radical (unpaired) electrons. The van der Waals surface area contributed by atoms with E-state index in [1.165, 1.54) is 18.0 Å². The van der Waals surface area contributed by atoms with Gasteiger partial charge in [0.1, 0.15) is 12.4 Å². The zero-order valence-electron chi connectivity index (χ0n) is 14.0. The summed E-state index contributed by atoms with van der Waals surface area (Å²) in [5.41, 5.74) is 0.234. The van der Waals surface area contributed by atoms with Gasteiger partial charge in [-0.2, -0.15) is 5.10 Å². The Hall–Kier alpha value is -2.74. The molecule has 1 aromatic carbocycles. The van der Waals surface area contributed by atoms with E-state index in [1.54, 1.807) is 35.1 Å². The Morgan fingerprint density at radius 3 is 2.84 bits per heavy atom. The maximum Gasteiger partial charge on any atom is 0.257 e. The number of halogens is 1. The second kappa shape index (κ2) is 7.02. The first-order valence-corrected chi connectivity index (χ1v) is 7.97. The lowest BCUT2D eigenvalue weighted by Gasteiger charge is -2.38. The van der Waals surface area contributed by atoms with Gasteiger partial charge in [0.05, 0.1) is 6.04 Å². The molecule has 1 aliphatic heterocycles. The van der Waals surface area contributed by atoms with Gasteiger partial charge in [-0.3, -0.25) is 14.3 Å². The van der Waals surface area contributed by atoms with Crippen LogP contribution in [0.2, 0.25) is 0 Å². The maximum atomic E-state index is 14.2. The molecule has 0 unspecified atom stereocenters. The van der Waals surface area contributed by atoms with Gasteiger partial charge in [0, 0.05) is 31.4 Å². The molecule has 3 rings (SSSR count). The lowest BCUT2D eigenvalue weighted by atomic mass is 9.97. The third-order valence-corrected chi connectivity index (χ3v) is 4.18. The lowest BCUT2D eigenvalue weighted by Crippen LogP contribution is -2.51. The summed E-state index contributed by atoms with van der Waals surface area (Å²) < 4.78 is 21.4. The monoisotopic (exact) mass is 346 g/mol.